The molecule has 0 bridgehead atoms. The molecule has 0 spiro atoms. The van der Waals surface area contributed by atoms with Crippen LogP contribution in [0.2, 0.25) is 5.02 Å². The number of halogens is 2. The predicted molar refractivity (Wildman–Crippen MR) is 103 cm³/mol. The van der Waals surface area contributed by atoms with Gasteiger partial charge in [-0.2, -0.15) is 0 Å². The van der Waals surface area contributed by atoms with Crippen molar-refractivity contribution in [3.63, 3.8) is 0 Å². The van der Waals surface area contributed by atoms with Gasteiger partial charge in [-0.15, -0.1) is 0 Å². The molecule has 0 atom stereocenters. The molecule has 0 aromatic heterocycles. The number of likely N-dealkylation sites (tertiary alicyclic amines) is 1. The fraction of sp³-hybridized carbons (Fsp3) is 0.381. The van der Waals surface area contributed by atoms with E-state index in [4.69, 9.17) is 11.6 Å². The second-order valence-electron chi connectivity index (χ2n) is 7.30. The molecule has 1 heterocycles. The maximum absolute atomic E-state index is 12.9. The largest absolute Gasteiger partial charge is 0.633 e. The zero-order valence-electron chi connectivity index (χ0n) is 15.0. The van der Waals surface area contributed by atoms with Gasteiger partial charge in [0.05, 0.1) is 19.6 Å². The number of hydrogen-bond donors (Lipinski definition) is 1. The molecule has 144 valence electrons. The minimum absolute atomic E-state index is 0.0868. The van der Waals surface area contributed by atoms with E-state index in [1.54, 1.807) is 24.3 Å². The Bertz CT molecular complexity index is 784. The van der Waals surface area contributed by atoms with Crippen LogP contribution >= 0.6 is 11.6 Å². The van der Waals surface area contributed by atoms with Gasteiger partial charge in [0.1, 0.15) is 11.4 Å². The Morgan fingerprint density at radius 1 is 1.11 bits per heavy atom. The van der Waals surface area contributed by atoms with Gasteiger partial charge in [0, 0.05) is 36.3 Å². The molecule has 0 amide bonds. The lowest BCUT2D eigenvalue weighted by atomic mass is 9.84. The number of aliphatic hydroxyl groups is 1. The van der Waals surface area contributed by atoms with E-state index in [-0.39, 0.29) is 18.0 Å². The Hall–Kier alpha value is -1.79. The number of quaternary nitrogens is 1. The smallest absolute Gasteiger partial charge is 0.163 e. The van der Waals surface area contributed by atoms with Crippen LogP contribution in [0, 0.1) is 11.0 Å². The summed E-state index contributed by atoms with van der Waals surface area (Å²) in [5, 5.41) is 24.4. The van der Waals surface area contributed by atoms with Crippen molar-refractivity contribution in [3.05, 3.63) is 75.7 Å². The Balaban J connectivity index is 1.51. The first kappa shape index (κ1) is 20.0. The highest BCUT2D eigenvalue weighted by Gasteiger charge is 2.38. The standard InChI is InChI=1S/C21H23ClFNO3/c22-18-7-5-17(6-8-18)21(26)11-14-24(27,15-12-21)13-1-2-20(25)16-3-9-19(23)10-4-16/h3-10,26H,1-2,11-15H2. The van der Waals surface area contributed by atoms with E-state index in [2.05, 4.69) is 0 Å². The van der Waals surface area contributed by atoms with Crippen molar-refractivity contribution in [2.75, 3.05) is 19.6 Å². The van der Waals surface area contributed by atoms with E-state index < -0.39 is 10.2 Å². The van der Waals surface area contributed by atoms with Crippen molar-refractivity contribution < 1.29 is 18.9 Å². The van der Waals surface area contributed by atoms with Crippen LogP contribution in [0.3, 0.4) is 0 Å². The Morgan fingerprint density at radius 2 is 1.70 bits per heavy atom. The van der Waals surface area contributed by atoms with Crippen molar-refractivity contribution in [1.29, 1.82) is 0 Å². The van der Waals surface area contributed by atoms with Crippen LogP contribution in [0.4, 0.5) is 4.39 Å². The molecule has 0 aliphatic carbocycles. The van der Waals surface area contributed by atoms with E-state index in [1.165, 1.54) is 24.3 Å². The summed E-state index contributed by atoms with van der Waals surface area (Å²) in [5.74, 6) is -0.464. The highest BCUT2D eigenvalue weighted by atomic mass is 35.5. The van der Waals surface area contributed by atoms with Crippen LogP contribution in [-0.2, 0) is 5.60 Å². The summed E-state index contributed by atoms with van der Waals surface area (Å²) in [6.07, 6.45) is 1.49. The van der Waals surface area contributed by atoms with Crippen LogP contribution in [0.15, 0.2) is 48.5 Å². The van der Waals surface area contributed by atoms with Crippen LogP contribution in [0.25, 0.3) is 0 Å². The number of carbonyl (C=O) groups is 1. The number of hydrogen-bond acceptors (Lipinski definition) is 3. The number of carbonyl (C=O) groups excluding carboxylic acids is 1. The number of hydroxylamine groups is 3. The van der Waals surface area contributed by atoms with E-state index in [1.807, 2.05) is 0 Å². The van der Waals surface area contributed by atoms with Gasteiger partial charge >= 0.3 is 0 Å². The van der Waals surface area contributed by atoms with Crippen molar-refractivity contribution >= 4 is 17.4 Å². The highest BCUT2D eigenvalue weighted by molar-refractivity contribution is 6.30. The van der Waals surface area contributed by atoms with Gasteiger partial charge in [-0.1, -0.05) is 23.7 Å². The number of benzene rings is 2. The fourth-order valence-corrected chi connectivity index (χ4v) is 3.72. The third-order valence-electron chi connectivity index (χ3n) is 5.38. The highest BCUT2D eigenvalue weighted by Crippen LogP contribution is 2.36. The van der Waals surface area contributed by atoms with Gasteiger partial charge in [-0.05, 0) is 42.0 Å². The third kappa shape index (κ3) is 4.93. The molecule has 0 unspecified atom stereocenters. The maximum atomic E-state index is 12.9. The summed E-state index contributed by atoms with van der Waals surface area (Å²) in [7, 11) is 0. The summed E-state index contributed by atoms with van der Waals surface area (Å²) in [4.78, 5) is 12.1. The van der Waals surface area contributed by atoms with Gasteiger partial charge < -0.3 is 15.0 Å². The van der Waals surface area contributed by atoms with Crippen LogP contribution in [-0.4, -0.2) is 35.2 Å². The zero-order valence-corrected chi connectivity index (χ0v) is 15.8. The minimum atomic E-state index is -0.999. The van der Waals surface area contributed by atoms with E-state index in [0.717, 1.165) is 5.56 Å². The second kappa shape index (κ2) is 8.07. The van der Waals surface area contributed by atoms with Crippen LogP contribution in [0.1, 0.15) is 41.6 Å². The molecule has 1 aliphatic rings. The third-order valence-corrected chi connectivity index (χ3v) is 5.64. The molecule has 1 saturated heterocycles. The average Bonchev–Trinajstić information content (AvgIpc) is 2.65. The van der Waals surface area contributed by atoms with Crippen LogP contribution in [0.5, 0.6) is 0 Å². The topological polar surface area (TPSA) is 60.4 Å². The first-order valence-corrected chi connectivity index (χ1v) is 9.52. The van der Waals surface area contributed by atoms with Gasteiger partial charge in [0.25, 0.3) is 0 Å². The molecule has 3 rings (SSSR count). The normalized spacial score (nSPS) is 25.3. The Morgan fingerprint density at radius 3 is 2.30 bits per heavy atom. The molecule has 2 aromatic rings. The second-order valence-corrected chi connectivity index (χ2v) is 7.74. The lowest BCUT2D eigenvalue weighted by Crippen LogP contribution is -2.53. The van der Waals surface area contributed by atoms with Crippen LogP contribution < -0.4 is 0 Å². The van der Waals surface area contributed by atoms with Crippen molar-refractivity contribution in [3.8, 4) is 0 Å². The summed E-state index contributed by atoms with van der Waals surface area (Å²) in [5.41, 5.74) is 0.245. The van der Waals surface area contributed by atoms with E-state index in [9.17, 15) is 19.5 Å². The van der Waals surface area contributed by atoms with Gasteiger partial charge in [0.15, 0.2) is 5.78 Å². The number of rotatable bonds is 6. The predicted octanol–water partition coefficient (Wildman–Crippen LogP) is 4.44. The number of nitrogens with zero attached hydrogens (tertiary/aromatic N) is 1. The van der Waals surface area contributed by atoms with Crippen molar-refractivity contribution in [2.45, 2.75) is 31.3 Å². The Labute approximate surface area is 163 Å². The van der Waals surface area contributed by atoms with Crippen molar-refractivity contribution in [2.24, 2.45) is 0 Å². The molecule has 0 radical (unpaired) electrons. The molecule has 6 heteroatoms. The first-order valence-electron chi connectivity index (χ1n) is 9.14. The first-order chi connectivity index (χ1) is 12.8. The molecule has 2 aromatic carbocycles. The molecule has 0 saturated carbocycles. The monoisotopic (exact) mass is 391 g/mol. The zero-order chi connectivity index (χ0) is 19.5. The van der Waals surface area contributed by atoms with Gasteiger partial charge in [0.2, 0.25) is 0 Å². The summed E-state index contributed by atoms with van der Waals surface area (Å²) >= 11 is 5.90. The maximum Gasteiger partial charge on any atom is 0.163 e. The fourth-order valence-electron chi connectivity index (χ4n) is 3.59. The molecule has 1 fully saturated rings. The van der Waals surface area contributed by atoms with Gasteiger partial charge in [-0.25, -0.2) is 4.39 Å². The lowest BCUT2D eigenvalue weighted by molar-refractivity contribution is -0.888. The molecular weight excluding hydrogens is 369 g/mol. The molecule has 27 heavy (non-hydrogen) atoms. The SMILES string of the molecule is O=C(CCC[N+]1([O-])CCC(O)(c2ccc(Cl)cc2)CC1)c1ccc(F)cc1. The average molecular weight is 392 g/mol. The van der Waals surface area contributed by atoms with E-state index >= 15 is 0 Å². The number of ketones is 1. The molecule has 4 nitrogen and oxygen atoms in total. The molecular formula is C21H23ClFNO3. The van der Waals surface area contributed by atoms with Gasteiger partial charge in [-0.3, -0.25) is 4.79 Å². The number of piperidine rings is 1. The van der Waals surface area contributed by atoms with Crippen molar-refractivity contribution in [1.82, 2.24) is 0 Å². The van der Waals surface area contributed by atoms with E-state index in [0.29, 0.717) is 49.5 Å². The summed E-state index contributed by atoms with van der Waals surface area (Å²) in [6, 6.07) is 12.5. The lowest BCUT2D eigenvalue weighted by Gasteiger charge is -2.50. The minimum Gasteiger partial charge on any atom is -0.633 e. The summed E-state index contributed by atoms with van der Waals surface area (Å²) in [6.45, 7) is 0.956. The molecule has 1 N–H and O–H groups in total. The molecule has 1 aliphatic heterocycles. The number of Topliss-reactive ketones (excluding diaryl/α,β-unsaturated/α-hetero) is 1. The quantitative estimate of drug-likeness (QED) is 0.450. The summed E-state index contributed by atoms with van der Waals surface area (Å²) < 4.78 is 12.5. The Kier molecular flexibility index (Phi) is 5.96.